The summed E-state index contributed by atoms with van der Waals surface area (Å²) in [7, 11) is 0. The first-order valence-corrected chi connectivity index (χ1v) is 8.96. The number of primary amides is 1. The Bertz CT molecular complexity index is 875. The highest BCUT2D eigenvalue weighted by atomic mass is 32.1. The van der Waals surface area contributed by atoms with E-state index in [1.807, 2.05) is 19.1 Å². The van der Waals surface area contributed by atoms with Gasteiger partial charge in [-0.1, -0.05) is 30.3 Å². The van der Waals surface area contributed by atoms with Crippen LogP contribution in [-0.2, 0) is 13.0 Å². The Morgan fingerprint density at radius 2 is 1.83 bits per heavy atom. The average Bonchev–Trinajstić information content (AvgIpc) is 3.13. The Balaban J connectivity index is 2.10. The highest BCUT2D eigenvalue weighted by Crippen LogP contribution is 2.34. The minimum Gasteiger partial charge on any atom is -0.366 e. The predicted octanol–water partition coefficient (Wildman–Crippen LogP) is 4.48. The van der Waals surface area contributed by atoms with Crippen LogP contribution in [0.5, 0.6) is 0 Å². The van der Waals surface area contributed by atoms with Crippen LogP contribution in [0.4, 0.5) is 0 Å². The van der Waals surface area contributed by atoms with Crippen molar-refractivity contribution in [3.8, 4) is 11.1 Å². The quantitative estimate of drug-likeness (QED) is 0.732. The minimum atomic E-state index is -0.358. The van der Waals surface area contributed by atoms with Crippen molar-refractivity contribution in [3.63, 3.8) is 0 Å². The Morgan fingerprint density at radius 3 is 2.46 bits per heavy atom. The van der Waals surface area contributed by atoms with Crippen LogP contribution in [0.15, 0.2) is 41.8 Å². The zero-order chi connectivity index (χ0) is 17.3. The number of nitrogens with zero attached hydrogens (tertiary/aromatic N) is 1. The molecule has 2 aromatic heterocycles. The topological polar surface area (TPSA) is 48.0 Å². The Hall–Kier alpha value is -2.33. The molecule has 0 atom stereocenters. The number of aryl methyl sites for hydroxylation is 2. The summed E-state index contributed by atoms with van der Waals surface area (Å²) >= 11 is 1.77. The molecule has 0 spiro atoms. The van der Waals surface area contributed by atoms with Gasteiger partial charge in [-0.15, -0.1) is 11.3 Å². The maximum Gasteiger partial charge on any atom is 0.251 e. The molecule has 3 nitrogen and oxygen atoms in total. The van der Waals surface area contributed by atoms with Gasteiger partial charge in [-0.2, -0.15) is 0 Å². The summed E-state index contributed by atoms with van der Waals surface area (Å²) in [5, 5.41) is 2.10. The maximum absolute atomic E-state index is 12.1. The molecule has 4 heteroatoms. The Kier molecular flexibility index (Phi) is 4.58. The number of rotatable bonds is 5. The van der Waals surface area contributed by atoms with Crippen molar-refractivity contribution in [1.82, 2.24) is 4.57 Å². The van der Waals surface area contributed by atoms with Crippen molar-refractivity contribution in [3.05, 3.63) is 69.2 Å². The summed E-state index contributed by atoms with van der Waals surface area (Å²) < 4.78 is 2.22. The number of aromatic nitrogens is 1. The molecule has 1 amide bonds. The van der Waals surface area contributed by atoms with Gasteiger partial charge in [-0.05, 0) is 49.8 Å². The van der Waals surface area contributed by atoms with Crippen molar-refractivity contribution in [2.24, 2.45) is 5.73 Å². The Morgan fingerprint density at radius 1 is 1.08 bits per heavy atom. The van der Waals surface area contributed by atoms with Crippen LogP contribution in [0.2, 0.25) is 0 Å². The van der Waals surface area contributed by atoms with Gasteiger partial charge in [-0.25, -0.2) is 0 Å². The molecule has 0 aliphatic carbocycles. The number of benzene rings is 1. The third-order valence-electron chi connectivity index (χ3n) is 4.61. The molecule has 124 valence electrons. The third-order valence-corrected chi connectivity index (χ3v) is 5.54. The van der Waals surface area contributed by atoms with E-state index in [1.54, 1.807) is 11.3 Å². The molecule has 2 N–H and O–H groups in total. The van der Waals surface area contributed by atoms with Gasteiger partial charge in [0.1, 0.15) is 0 Å². The first-order chi connectivity index (χ1) is 11.5. The van der Waals surface area contributed by atoms with E-state index >= 15 is 0 Å². The molecule has 0 saturated heterocycles. The smallest absolute Gasteiger partial charge is 0.251 e. The van der Waals surface area contributed by atoms with Crippen molar-refractivity contribution >= 4 is 17.2 Å². The minimum absolute atomic E-state index is 0.358. The fourth-order valence-corrected chi connectivity index (χ4v) is 4.08. The van der Waals surface area contributed by atoms with E-state index in [2.05, 4.69) is 48.1 Å². The highest BCUT2D eigenvalue weighted by Gasteiger charge is 2.23. The van der Waals surface area contributed by atoms with Crippen LogP contribution in [0, 0.1) is 20.8 Å². The van der Waals surface area contributed by atoms with E-state index in [0.717, 1.165) is 41.0 Å². The van der Waals surface area contributed by atoms with Crippen molar-refractivity contribution in [1.29, 1.82) is 0 Å². The number of nitrogens with two attached hydrogens (primary N) is 1. The molecule has 2 heterocycles. The fourth-order valence-electron chi connectivity index (χ4n) is 3.38. The van der Waals surface area contributed by atoms with Crippen LogP contribution in [0.1, 0.15) is 32.2 Å². The summed E-state index contributed by atoms with van der Waals surface area (Å²) in [6.07, 6.45) is 0.958. The van der Waals surface area contributed by atoms with E-state index in [4.69, 9.17) is 5.73 Å². The van der Waals surface area contributed by atoms with Crippen LogP contribution >= 0.6 is 11.3 Å². The SMILES string of the molecule is Cc1ccccc1-c1c(C(N)=O)c(C)n(CCc2cccs2)c1C. The van der Waals surface area contributed by atoms with Gasteiger partial charge < -0.3 is 10.3 Å². The van der Waals surface area contributed by atoms with Gasteiger partial charge >= 0.3 is 0 Å². The largest absolute Gasteiger partial charge is 0.366 e. The lowest BCUT2D eigenvalue weighted by atomic mass is 9.96. The summed E-state index contributed by atoms with van der Waals surface area (Å²) in [6.45, 7) is 6.99. The first kappa shape index (κ1) is 16.5. The molecule has 0 bridgehead atoms. The van der Waals surface area contributed by atoms with Gasteiger partial charge in [0.15, 0.2) is 0 Å². The molecular weight excluding hydrogens is 316 g/mol. The van der Waals surface area contributed by atoms with Gasteiger partial charge in [0.2, 0.25) is 0 Å². The standard InChI is InChI=1S/C20H22N2OS/c1-13-7-4-5-9-17(13)18-14(2)22(15(3)19(18)20(21)23)11-10-16-8-6-12-24-16/h4-9,12H,10-11H2,1-3H3,(H2,21,23). The highest BCUT2D eigenvalue weighted by molar-refractivity contribution is 7.09. The predicted molar refractivity (Wildman–Crippen MR) is 101 cm³/mol. The van der Waals surface area contributed by atoms with Crippen molar-refractivity contribution in [2.45, 2.75) is 33.7 Å². The maximum atomic E-state index is 12.1. The monoisotopic (exact) mass is 338 g/mol. The third kappa shape index (κ3) is 2.89. The number of carbonyl (C=O) groups excluding carboxylic acids is 1. The number of hydrogen-bond acceptors (Lipinski definition) is 2. The molecular formula is C20H22N2OS. The number of hydrogen-bond donors (Lipinski definition) is 1. The summed E-state index contributed by atoms with van der Waals surface area (Å²) in [5.41, 5.74) is 11.6. The van der Waals surface area contributed by atoms with E-state index < -0.39 is 0 Å². The fraction of sp³-hybridized carbons (Fsp3) is 0.250. The average molecular weight is 338 g/mol. The van der Waals surface area contributed by atoms with Gasteiger partial charge in [0.05, 0.1) is 5.56 Å². The molecule has 1 aromatic carbocycles. The molecule has 0 aliphatic heterocycles. The number of thiophene rings is 1. The summed E-state index contributed by atoms with van der Waals surface area (Å²) in [5.74, 6) is -0.358. The van der Waals surface area contributed by atoms with Gasteiger partial charge in [-0.3, -0.25) is 4.79 Å². The second-order valence-corrected chi connectivity index (χ2v) is 7.11. The second kappa shape index (κ2) is 6.65. The van der Waals surface area contributed by atoms with Gasteiger partial charge in [0.25, 0.3) is 5.91 Å². The molecule has 0 unspecified atom stereocenters. The second-order valence-electron chi connectivity index (χ2n) is 6.08. The summed E-state index contributed by atoms with van der Waals surface area (Å²) in [4.78, 5) is 13.5. The molecule has 24 heavy (non-hydrogen) atoms. The lowest BCUT2D eigenvalue weighted by Crippen LogP contribution is -2.14. The normalized spacial score (nSPS) is 11.0. The zero-order valence-electron chi connectivity index (χ0n) is 14.3. The number of carbonyl (C=O) groups is 1. The Labute approximate surface area is 146 Å². The summed E-state index contributed by atoms with van der Waals surface area (Å²) in [6, 6.07) is 12.4. The van der Waals surface area contributed by atoms with Crippen molar-refractivity contribution in [2.75, 3.05) is 0 Å². The van der Waals surface area contributed by atoms with E-state index in [-0.39, 0.29) is 5.91 Å². The molecule has 0 aliphatic rings. The molecule has 0 radical (unpaired) electrons. The van der Waals surface area contributed by atoms with Crippen LogP contribution in [-0.4, -0.2) is 10.5 Å². The van der Waals surface area contributed by atoms with Crippen molar-refractivity contribution < 1.29 is 4.79 Å². The molecule has 0 fully saturated rings. The van der Waals surface area contributed by atoms with E-state index in [9.17, 15) is 4.79 Å². The lowest BCUT2D eigenvalue weighted by molar-refractivity contribution is 0.1000. The number of amides is 1. The first-order valence-electron chi connectivity index (χ1n) is 8.08. The van der Waals surface area contributed by atoms with Crippen LogP contribution in [0.3, 0.4) is 0 Å². The van der Waals surface area contributed by atoms with Crippen LogP contribution in [0.25, 0.3) is 11.1 Å². The molecule has 3 aromatic rings. The van der Waals surface area contributed by atoms with E-state index in [0.29, 0.717) is 5.56 Å². The zero-order valence-corrected chi connectivity index (χ0v) is 15.1. The molecule has 3 rings (SSSR count). The van der Waals surface area contributed by atoms with Crippen LogP contribution < -0.4 is 5.73 Å². The van der Waals surface area contributed by atoms with Gasteiger partial charge in [0, 0.05) is 28.4 Å². The lowest BCUT2D eigenvalue weighted by Gasteiger charge is -2.10. The molecule has 0 saturated carbocycles. The van der Waals surface area contributed by atoms with E-state index in [1.165, 1.54) is 4.88 Å².